The van der Waals surface area contributed by atoms with Gasteiger partial charge in [0.2, 0.25) is 0 Å². The molecule has 5 heteroatoms. The molecule has 0 atom stereocenters. The molecule has 82 valence electrons. The fourth-order valence-corrected chi connectivity index (χ4v) is 1.21. The van der Waals surface area contributed by atoms with Crippen LogP contribution in [0.5, 0.6) is 0 Å². The van der Waals surface area contributed by atoms with Gasteiger partial charge in [0.1, 0.15) is 15.9 Å². The van der Waals surface area contributed by atoms with E-state index in [1.54, 1.807) is 26.8 Å². The quantitative estimate of drug-likeness (QED) is 0.630. The number of nitrogens with zero attached hydrogens (tertiary/aromatic N) is 1. The number of nitrogen functional groups attached to an aromatic ring is 1. The number of rotatable bonds is 1. The number of carbonyl (C=O) groups excluding carboxylic acids is 1. The normalized spacial score (nSPS) is 11.2. The third kappa shape index (κ3) is 3.51. The van der Waals surface area contributed by atoms with Crippen molar-refractivity contribution < 1.29 is 9.53 Å². The van der Waals surface area contributed by atoms with Crippen LogP contribution < -0.4 is 5.73 Å². The highest BCUT2D eigenvalue weighted by Crippen LogP contribution is 2.18. The van der Waals surface area contributed by atoms with E-state index in [4.69, 9.17) is 10.5 Å². The molecule has 1 aromatic heterocycles. The Labute approximate surface area is 97.0 Å². The highest BCUT2D eigenvalue weighted by atomic mass is 79.9. The van der Waals surface area contributed by atoms with Gasteiger partial charge in [0.05, 0.1) is 5.69 Å². The van der Waals surface area contributed by atoms with Gasteiger partial charge in [0.15, 0.2) is 0 Å². The van der Waals surface area contributed by atoms with Crippen molar-refractivity contribution in [1.82, 2.24) is 4.98 Å². The van der Waals surface area contributed by atoms with Crippen molar-refractivity contribution >= 4 is 27.6 Å². The standard InChI is InChI=1S/C10H13BrN2O2/c1-10(2,3)15-9(14)7-5-4-6(12)8(11)13-7/h4-5H,12H2,1-3H3. The lowest BCUT2D eigenvalue weighted by Crippen LogP contribution is -2.24. The molecule has 0 aliphatic rings. The minimum absolute atomic E-state index is 0.242. The molecule has 0 unspecified atom stereocenters. The average molecular weight is 273 g/mol. The largest absolute Gasteiger partial charge is 0.455 e. The fourth-order valence-electron chi connectivity index (χ4n) is 0.889. The van der Waals surface area contributed by atoms with Crippen molar-refractivity contribution in [2.24, 2.45) is 0 Å². The van der Waals surface area contributed by atoms with Gasteiger partial charge >= 0.3 is 5.97 Å². The molecular formula is C10H13BrN2O2. The number of carbonyl (C=O) groups is 1. The van der Waals surface area contributed by atoms with Crippen molar-refractivity contribution in [1.29, 1.82) is 0 Å². The molecule has 0 spiro atoms. The van der Waals surface area contributed by atoms with E-state index in [0.29, 0.717) is 10.3 Å². The van der Waals surface area contributed by atoms with Crippen LogP contribution in [-0.2, 0) is 4.74 Å². The summed E-state index contributed by atoms with van der Waals surface area (Å²) in [6.07, 6.45) is 0. The number of pyridine rings is 1. The second kappa shape index (κ2) is 4.18. The van der Waals surface area contributed by atoms with E-state index in [0.717, 1.165) is 0 Å². The first-order valence-corrected chi connectivity index (χ1v) is 5.24. The summed E-state index contributed by atoms with van der Waals surface area (Å²) in [7, 11) is 0. The Hall–Kier alpha value is -1.10. The molecule has 0 aliphatic carbocycles. The monoisotopic (exact) mass is 272 g/mol. The Morgan fingerprint density at radius 1 is 1.47 bits per heavy atom. The summed E-state index contributed by atoms with van der Waals surface area (Å²) in [4.78, 5) is 15.6. The maximum Gasteiger partial charge on any atom is 0.357 e. The van der Waals surface area contributed by atoms with Gasteiger partial charge in [-0.25, -0.2) is 9.78 Å². The summed E-state index contributed by atoms with van der Waals surface area (Å²) in [5.41, 5.74) is 5.76. The maximum absolute atomic E-state index is 11.6. The molecule has 0 aromatic carbocycles. The number of anilines is 1. The van der Waals surface area contributed by atoms with E-state index >= 15 is 0 Å². The van der Waals surface area contributed by atoms with Crippen molar-refractivity contribution in [3.05, 3.63) is 22.4 Å². The van der Waals surface area contributed by atoms with Gasteiger partial charge in [-0.15, -0.1) is 0 Å². The zero-order valence-corrected chi connectivity index (χ0v) is 10.5. The highest BCUT2D eigenvalue weighted by Gasteiger charge is 2.19. The van der Waals surface area contributed by atoms with Crippen LogP contribution in [0, 0.1) is 0 Å². The van der Waals surface area contributed by atoms with Gasteiger partial charge in [0, 0.05) is 0 Å². The van der Waals surface area contributed by atoms with E-state index in [1.807, 2.05) is 0 Å². The Morgan fingerprint density at radius 2 is 2.07 bits per heavy atom. The van der Waals surface area contributed by atoms with E-state index in [9.17, 15) is 4.79 Å². The number of halogens is 1. The molecule has 0 bridgehead atoms. The van der Waals surface area contributed by atoms with Gasteiger partial charge in [-0.2, -0.15) is 0 Å². The number of nitrogens with two attached hydrogens (primary N) is 1. The first-order valence-electron chi connectivity index (χ1n) is 4.45. The van der Waals surface area contributed by atoms with Crippen molar-refractivity contribution in [3.8, 4) is 0 Å². The van der Waals surface area contributed by atoms with Crippen LogP contribution in [0.1, 0.15) is 31.3 Å². The zero-order chi connectivity index (χ0) is 11.6. The summed E-state index contributed by atoms with van der Waals surface area (Å²) in [5.74, 6) is -0.455. The second-order valence-electron chi connectivity index (χ2n) is 4.08. The fraction of sp³-hybridized carbons (Fsp3) is 0.400. The van der Waals surface area contributed by atoms with Crippen molar-refractivity contribution in [2.75, 3.05) is 5.73 Å². The summed E-state index contributed by atoms with van der Waals surface area (Å²) < 4.78 is 5.61. The summed E-state index contributed by atoms with van der Waals surface area (Å²) in [5, 5.41) is 0. The molecule has 1 rings (SSSR count). The molecule has 0 amide bonds. The third-order valence-electron chi connectivity index (χ3n) is 1.49. The first kappa shape index (κ1) is 12.0. The van der Waals surface area contributed by atoms with Gasteiger partial charge in [-0.05, 0) is 48.8 Å². The molecule has 1 heterocycles. The molecule has 0 fully saturated rings. The molecule has 0 saturated heterocycles. The summed E-state index contributed by atoms with van der Waals surface area (Å²) in [6, 6.07) is 3.14. The zero-order valence-electron chi connectivity index (χ0n) is 8.87. The topological polar surface area (TPSA) is 65.2 Å². The minimum Gasteiger partial charge on any atom is -0.455 e. The third-order valence-corrected chi connectivity index (χ3v) is 2.12. The van der Waals surface area contributed by atoms with Crippen LogP contribution in [0.25, 0.3) is 0 Å². The number of hydrogen-bond donors (Lipinski definition) is 1. The van der Waals surface area contributed by atoms with Crippen LogP contribution in [0.15, 0.2) is 16.7 Å². The van der Waals surface area contributed by atoms with Crippen molar-refractivity contribution in [2.45, 2.75) is 26.4 Å². The average Bonchev–Trinajstić information content (AvgIpc) is 2.06. The van der Waals surface area contributed by atoms with Crippen LogP contribution in [0.3, 0.4) is 0 Å². The molecule has 15 heavy (non-hydrogen) atoms. The van der Waals surface area contributed by atoms with Crippen LogP contribution in [0.2, 0.25) is 0 Å². The molecule has 4 nitrogen and oxygen atoms in total. The SMILES string of the molecule is CC(C)(C)OC(=O)c1ccc(N)c(Br)n1. The summed E-state index contributed by atoms with van der Waals surface area (Å²) >= 11 is 3.15. The van der Waals surface area contributed by atoms with Crippen molar-refractivity contribution in [3.63, 3.8) is 0 Å². The second-order valence-corrected chi connectivity index (χ2v) is 4.83. The maximum atomic E-state index is 11.6. The highest BCUT2D eigenvalue weighted by molar-refractivity contribution is 9.10. The molecule has 1 aromatic rings. The molecule has 0 aliphatic heterocycles. The van der Waals surface area contributed by atoms with Gasteiger partial charge < -0.3 is 10.5 Å². The summed E-state index contributed by atoms with van der Waals surface area (Å²) in [6.45, 7) is 5.41. The Balaban J connectivity index is 2.88. The van der Waals surface area contributed by atoms with E-state index in [2.05, 4.69) is 20.9 Å². The van der Waals surface area contributed by atoms with Gasteiger partial charge in [-0.1, -0.05) is 0 Å². The Morgan fingerprint density at radius 3 is 2.53 bits per heavy atom. The van der Waals surface area contributed by atoms with Crippen LogP contribution in [-0.4, -0.2) is 16.6 Å². The molecular weight excluding hydrogens is 260 g/mol. The lowest BCUT2D eigenvalue weighted by molar-refractivity contribution is 0.00627. The predicted molar refractivity (Wildman–Crippen MR) is 61.5 cm³/mol. The number of aromatic nitrogens is 1. The Kier molecular flexibility index (Phi) is 3.34. The molecule has 2 N–H and O–H groups in total. The lowest BCUT2D eigenvalue weighted by Gasteiger charge is -2.19. The van der Waals surface area contributed by atoms with Gasteiger partial charge in [0.25, 0.3) is 0 Å². The van der Waals surface area contributed by atoms with Crippen LogP contribution >= 0.6 is 15.9 Å². The lowest BCUT2D eigenvalue weighted by atomic mass is 10.2. The van der Waals surface area contributed by atoms with E-state index in [-0.39, 0.29) is 5.69 Å². The first-order chi connectivity index (χ1) is 6.79. The smallest absolute Gasteiger partial charge is 0.357 e. The Bertz CT molecular complexity index is 385. The molecule has 0 radical (unpaired) electrons. The number of hydrogen-bond acceptors (Lipinski definition) is 4. The van der Waals surface area contributed by atoms with Crippen LogP contribution in [0.4, 0.5) is 5.69 Å². The number of ether oxygens (including phenoxy) is 1. The van der Waals surface area contributed by atoms with Gasteiger partial charge in [-0.3, -0.25) is 0 Å². The molecule has 0 saturated carbocycles. The minimum atomic E-state index is -0.521. The number of esters is 1. The van der Waals surface area contributed by atoms with E-state index in [1.165, 1.54) is 6.07 Å². The van der Waals surface area contributed by atoms with E-state index < -0.39 is 11.6 Å². The predicted octanol–water partition coefficient (Wildman–Crippen LogP) is 2.38.